The molecule has 0 aliphatic heterocycles. The molecule has 3 nitrogen and oxygen atoms in total. The Balaban J connectivity index is 2.27. The van der Waals surface area contributed by atoms with E-state index in [4.69, 9.17) is 4.74 Å². The molecule has 1 heterocycles. The summed E-state index contributed by atoms with van der Waals surface area (Å²) in [4.78, 5) is 0. The molecule has 0 bridgehead atoms. The van der Waals surface area contributed by atoms with Crippen LogP contribution in [-0.4, -0.2) is 9.78 Å². The molecule has 0 fully saturated rings. The highest BCUT2D eigenvalue weighted by Gasteiger charge is 2.07. The highest BCUT2D eigenvalue weighted by Crippen LogP contribution is 2.23. The molecule has 0 aliphatic rings. The molecule has 0 aliphatic carbocycles. The van der Waals surface area contributed by atoms with Crippen LogP contribution in [0.1, 0.15) is 0 Å². The van der Waals surface area contributed by atoms with Gasteiger partial charge in [0.15, 0.2) is 11.6 Å². The van der Waals surface area contributed by atoms with E-state index in [1.807, 2.05) is 0 Å². The number of nitrogens with zero attached hydrogens (tertiary/aromatic N) is 2. The summed E-state index contributed by atoms with van der Waals surface area (Å²) in [5.41, 5.74) is 0. The van der Waals surface area contributed by atoms with E-state index in [-0.39, 0.29) is 11.6 Å². The van der Waals surface area contributed by atoms with Crippen molar-refractivity contribution in [3.8, 4) is 11.6 Å². The van der Waals surface area contributed by atoms with Crippen molar-refractivity contribution >= 4 is 0 Å². The second kappa shape index (κ2) is 3.68. The summed E-state index contributed by atoms with van der Waals surface area (Å²) in [5.74, 6) is -1.12. The fourth-order valence-electron chi connectivity index (χ4n) is 1.12. The van der Waals surface area contributed by atoms with E-state index in [1.165, 1.54) is 4.68 Å². The minimum Gasteiger partial charge on any atom is -0.434 e. The van der Waals surface area contributed by atoms with E-state index in [0.29, 0.717) is 0 Å². The number of rotatable bonds is 2. The molecular formula is C10H8F2N2O. The van der Waals surface area contributed by atoms with Crippen LogP contribution in [0.3, 0.4) is 0 Å². The molecule has 0 atom stereocenters. The van der Waals surface area contributed by atoms with Crippen molar-refractivity contribution in [1.82, 2.24) is 9.78 Å². The Kier molecular flexibility index (Phi) is 2.37. The zero-order valence-corrected chi connectivity index (χ0v) is 7.95. The van der Waals surface area contributed by atoms with Gasteiger partial charge in [-0.15, -0.1) is 5.10 Å². The molecular weight excluding hydrogens is 202 g/mol. The number of aryl methyl sites for hydroxylation is 1. The van der Waals surface area contributed by atoms with Crippen LogP contribution in [0.2, 0.25) is 0 Å². The highest BCUT2D eigenvalue weighted by atomic mass is 19.1. The van der Waals surface area contributed by atoms with E-state index >= 15 is 0 Å². The largest absolute Gasteiger partial charge is 0.434 e. The van der Waals surface area contributed by atoms with Gasteiger partial charge in [-0.25, -0.2) is 8.78 Å². The predicted octanol–water partition coefficient (Wildman–Crippen LogP) is 2.49. The first-order chi connectivity index (χ1) is 7.15. The van der Waals surface area contributed by atoms with Crippen molar-refractivity contribution in [2.24, 2.45) is 7.05 Å². The Morgan fingerprint density at radius 3 is 2.73 bits per heavy atom. The Bertz CT molecular complexity index is 482. The number of halogens is 2. The van der Waals surface area contributed by atoms with Gasteiger partial charge in [-0.05, 0) is 12.1 Å². The van der Waals surface area contributed by atoms with Gasteiger partial charge in [-0.2, -0.15) is 0 Å². The highest BCUT2D eigenvalue weighted by molar-refractivity contribution is 5.28. The monoisotopic (exact) mass is 210 g/mol. The molecule has 0 spiro atoms. The zero-order chi connectivity index (χ0) is 10.8. The fraction of sp³-hybridized carbons (Fsp3) is 0.100. The molecule has 78 valence electrons. The van der Waals surface area contributed by atoms with Crippen LogP contribution in [0, 0.1) is 11.6 Å². The van der Waals surface area contributed by atoms with E-state index in [1.54, 1.807) is 19.3 Å². The average Bonchev–Trinajstić information content (AvgIpc) is 2.58. The van der Waals surface area contributed by atoms with Gasteiger partial charge in [0.05, 0.1) is 0 Å². The van der Waals surface area contributed by atoms with Crippen LogP contribution < -0.4 is 4.74 Å². The summed E-state index contributed by atoms with van der Waals surface area (Å²) in [5, 5.41) is 3.88. The summed E-state index contributed by atoms with van der Waals surface area (Å²) in [7, 11) is 1.70. The lowest BCUT2D eigenvalue weighted by Gasteiger charge is -2.02. The first kappa shape index (κ1) is 9.64. The van der Waals surface area contributed by atoms with Crippen LogP contribution in [0.4, 0.5) is 8.78 Å². The molecule has 0 saturated carbocycles. The van der Waals surface area contributed by atoms with Crippen molar-refractivity contribution < 1.29 is 13.5 Å². The van der Waals surface area contributed by atoms with Gasteiger partial charge in [-0.3, -0.25) is 4.68 Å². The molecule has 0 radical (unpaired) electrons. The molecule has 5 heteroatoms. The van der Waals surface area contributed by atoms with Crippen LogP contribution in [0.15, 0.2) is 30.5 Å². The SMILES string of the molecule is Cn1ccc(Oc2cc(F)ccc2F)n1. The number of ether oxygens (including phenoxy) is 1. The lowest BCUT2D eigenvalue weighted by atomic mass is 10.3. The Hall–Kier alpha value is -1.91. The summed E-state index contributed by atoms with van der Waals surface area (Å²) in [6, 6.07) is 4.57. The molecule has 0 N–H and O–H groups in total. The topological polar surface area (TPSA) is 27.1 Å². The Morgan fingerprint density at radius 2 is 2.07 bits per heavy atom. The molecule has 2 rings (SSSR count). The summed E-state index contributed by atoms with van der Waals surface area (Å²) in [6.07, 6.45) is 1.65. The lowest BCUT2D eigenvalue weighted by molar-refractivity contribution is 0.417. The summed E-state index contributed by atoms with van der Waals surface area (Å²) in [6.45, 7) is 0. The molecule has 2 aromatic rings. The maximum Gasteiger partial charge on any atom is 0.238 e. The van der Waals surface area contributed by atoms with Crippen LogP contribution >= 0.6 is 0 Å². The molecule has 1 aromatic carbocycles. The number of benzene rings is 1. The molecule has 15 heavy (non-hydrogen) atoms. The second-order valence-electron chi connectivity index (χ2n) is 3.00. The standard InChI is InChI=1S/C10H8F2N2O/c1-14-5-4-10(13-14)15-9-6-7(11)2-3-8(9)12/h2-6H,1H3. The van der Waals surface area contributed by atoms with Crippen molar-refractivity contribution in [2.75, 3.05) is 0 Å². The van der Waals surface area contributed by atoms with Crippen molar-refractivity contribution in [3.05, 3.63) is 42.1 Å². The van der Waals surface area contributed by atoms with Gasteiger partial charge < -0.3 is 4.74 Å². The van der Waals surface area contributed by atoms with Crippen molar-refractivity contribution in [3.63, 3.8) is 0 Å². The van der Waals surface area contributed by atoms with Gasteiger partial charge in [-0.1, -0.05) is 0 Å². The van der Waals surface area contributed by atoms with E-state index in [9.17, 15) is 8.78 Å². The van der Waals surface area contributed by atoms with Gasteiger partial charge in [0.25, 0.3) is 0 Å². The molecule has 0 amide bonds. The van der Waals surface area contributed by atoms with Crippen LogP contribution in [0.5, 0.6) is 11.6 Å². The van der Waals surface area contributed by atoms with Gasteiger partial charge in [0.1, 0.15) is 5.82 Å². The Labute approximate surface area is 84.9 Å². The lowest BCUT2D eigenvalue weighted by Crippen LogP contribution is -1.92. The number of aromatic nitrogens is 2. The summed E-state index contributed by atoms with van der Waals surface area (Å²) >= 11 is 0. The maximum atomic E-state index is 13.1. The first-order valence-electron chi connectivity index (χ1n) is 4.28. The van der Waals surface area contributed by atoms with Crippen LogP contribution in [-0.2, 0) is 7.05 Å². The Morgan fingerprint density at radius 1 is 1.27 bits per heavy atom. The average molecular weight is 210 g/mol. The summed E-state index contributed by atoms with van der Waals surface area (Å²) < 4.78 is 32.5. The second-order valence-corrected chi connectivity index (χ2v) is 3.00. The van der Waals surface area contributed by atoms with E-state index < -0.39 is 11.6 Å². The molecule has 0 saturated heterocycles. The molecule has 1 aromatic heterocycles. The van der Waals surface area contributed by atoms with Gasteiger partial charge >= 0.3 is 0 Å². The predicted molar refractivity (Wildman–Crippen MR) is 49.6 cm³/mol. The smallest absolute Gasteiger partial charge is 0.238 e. The normalized spacial score (nSPS) is 10.3. The van der Waals surface area contributed by atoms with Gasteiger partial charge in [0.2, 0.25) is 5.88 Å². The van der Waals surface area contributed by atoms with E-state index in [2.05, 4.69) is 5.10 Å². The fourth-order valence-corrected chi connectivity index (χ4v) is 1.12. The van der Waals surface area contributed by atoms with E-state index in [0.717, 1.165) is 18.2 Å². The third-order valence-corrected chi connectivity index (χ3v) is 1.80. The molecule has 0 unspecified atom stereocenters. The first-order valence-corrected chi connectivity index (χ1v) is 4.28. The third kappa shape index (κ3) is 2.12. The van der Waals surface area contributed by atoms with Crippen molar-refractivity contribution in [1.29, 1.82) is 0 Å². The van der Waals surface area contributed by atoms with Crippen molar-refractivity contribution in [2.45, 2.75) is 0 Å². The number of hydrogen-bond donors (Lipinski definition) is 0. The minimum atomic E-state index is -0.623. The maximum absolute atomic E-state index is 13.1. The minimum absolute atomic E-state index is 0.172. The number of hydrogen-bond acceptors (Lipinski definition) is 2. The van der Waals surface area contributed by atoms with Crippen LogP contribution in [0.25, 0.3) is 0 Å². The van der Waals surface area contributed by atoms with Gasteiger partial charge in [0, 0.05) is 25.4 Å². The third-order valence-electron chi connectivity index (χ3n) is 1.80. The quantitative estimate of drug-likeness (QED) is 0.761. The zero-order valence-electron chi connectivity index (χ0n) is 7.95.